The molecule has 0 bridgehead atoms. The molecular weight excluding hydrogens is 436 g/mol. The minimum Gasteiger partial charge on any atom is -0.491 e. The van der Waals surface area contributed by atoms with Crippen molar-refractivity contribution in [1.29, 1.82) is 0 Å². The van der Waals surface area contributed by atoms with Gasteiger partial charge in [-0.1, -0.05) is 36.4 Å². The molecule has 2 heterocycles. The average Bonchev–Trinajstić information content (AvgIpc) is 3.35. The molecule has 2 amide bonds. The van der Waals surface area contributed by atoms with Crippen LogP contribution in [0.3, 0.4) is 0 Å². The lowest BCUT2D eigenvalue weighted by Gasteiger charge is -2.37. The summed E-state index contributed by atoms with van der Waals surface area (Å²) in [5.74, 6) is 0.508. The van der Waals surface area contributed by atoms with E-state index < -0.39 is 0 Å². The normalized spacial score (nSPS) is 15.1. The summed E-state index contributed by atoms with van der Waals surface area (Å²) in [5, 5.41) is 2.07. The minimum absolute atomic E-state index is 0.00159. The number of hydrogen-bond donors (Lipinski definition) is 0. The van der Waals surface area contributed by atoms with E-state index in [1.807, 2.05) is 53.4 Å². The Morgan fingerprint density at radius 2 is 1.79 bits per heavy atom. The Labute approximate surface area is 198 Å². The number of nitrogens with zero attached hydrogens (tertiary/aromatic N) is 2. The maximum atomic E-state index is 13.5. The van der Waals surface area contributed by atoms with Crippen LogP contribution in [0, 0.1) is 0 Å². The Kier molecular flexibility index (Phi) is 7.75. The summed E-state index contributed by atoms with van der Waals surface area (Å²) >= 11 is 1.72. The van der Waals surface area contributed by atoms with Gasteiger partial charge in [0.25, 0.3) is 5.91 Å². The fraction of sp³-hybridized carbons (Fsp3) is 0.308. The Hall–Kier alpha value is -3.16. The van der Waals surface area contributed by atoms with Crippen molar-refractivity contribution in [3.8, 4) is 5.75 Å². The van der Waals surface area contributed by atoms with Gasteiger partial charge in [-0.05, 0) is 47.7 Å². The second-order valence-electron chi connectivity index (χ2n) is 7.86. The van der Waals surface area contributed by atoms with Gasteiger partial charge < -0.3 is 19.3 Å². The third kappa shape index (κ3) is 5.61. The first-order valence-electron chi connectivity index (χ1n) is 11.0. The quantitative estimate of drug-likeness (QED) is 0.480. The monoisotopic (exact) mass is 464 g/mol. The molecule has 3 aromatic rings. The zero-order valence-corrected chi connectivity index (χ0v) is 19.5. The van der Waals surface area contributed by atoms with Gasteiger partial charge in [0.05, 0.1) is 12.6 Å². The number of benzene rings is 2. The summed E-state index contributed by atoms with van der Waals surface area (Å²) in [4.78, 5) is 31.3. The standard InChI is InChI=1S/C26H28N2O4S/c1-31-16-15-27(26(30)20-8-4-2-5-9-20)18-25(29)28-14-12-24-22(13-17-33-24)23(28)19-32-21-10-6-3-7-11-21/h2-11,13,17,23H,12,14-16,18-19H2,1H3/t23-/m1/s1. The predicted molar refractivity (Wildman–Crippen MR) is 129 cm³/mol. The highest BCUT2D eigenvalue weighted by Gasteiger charge is 2.33. The van der Waals surface area contributed by atoms with Crippen LogP contribution < -0.4 is 4.74 Å². The summed E-state index contributed by atoms with van der Waals surface area (Å²) in [5.41, 5.74) is 1.69. The molecule has 0 saturated heterocycles. The fourth-order valence-corrected chi connectivity index (χ4v) is 4.97. The second-order valence-corrected chi connectivity index (χ2v) is 8.86. The van der Waals surface area contributed by atoms with Crippen molar-refractivity contribution >= 4 is 23.2 Å². The largest absolute Gasteiger partial charge is 0.491 e. The first kappa shape index (κ1) is 23.0. The Balaban J connectivity index is 1.51. The number of ether oxygens (including phenoxy) is 2. The molecule has 0 unspecified atom stereocenters. The van der Waals surface area contributed by atoms with Gasteiger partial charge in [-0.3, -0.25) is 9.59 Å². The molecule has 0 N–H and O–H groups in total. The number of amides is 2. The molecule has 172 valence electrons. The lowest BCUT2D eigenvalue weighted by atomic mass is 10.0. The van der Waals surface area contributed by atoms with Gasteiger partial charge in [-0.25, -0.2) is 0 Å². The van der Waals surface area contributed by atoms with E-state index in [0.717, 1.165) is 17.7 Å². The first-order valence-corrected chi connectivity index (χ1v) is 11.9. The van der Waals surface area contributed by atoms with Crippen molar-refractivity contribution in [3.63, 3.8) is 0 Å². The topological polar surface area (TPSA) is 59.1 Å². The SMILES string of the molecule is COCCN(CC(=O)N1CCc2sccc2[C@H]1COc1ccccc1)C(=O)c1ccccc1. The number of hydrogen-bond acceptors (Lipinski definition) is 5. The fourth-order valence-electron chi connectivity index (χ4n) is 4.04. The number of rotatable bonds is 9. The van der Waals surface area contributed by atoms with E-state index in [9.17, 15) is 9.59 Å². The molecule has 6 nitrogen and oxygen atoms in total. The maximum absolute atomic E-state index is 13.5. The van der Waals surface area contributed by atoms with Gasteiger partial charge in [-0.2, -0.15) is 0 Å². The molecule has 0 saturated carbocycles. The van der Waals surface area contributed by atoms with Crippen LogP contribution >= 0.6 is 11.3 Å². The summed E-state index contributed by atoms with van der Waals surface area (Å²) < 4.78 is 11.2. The van der Waals surface area contributed by atoms with Crippen molar-refractivity contribution in [3.05, 3.63) is 88.1 Å². The zero-order chi connectivity index (χ0) is 23.0. The van der Waals surface area contributed by atoms with Crippen LogP contribution in [0.15, 0.2) is 72.1 Å². The molecule has 0 aliphatic carbocycles. The third-order valence-corrected chi connectivity index (χ3v) is 6.76. The van der Waals surface area contributed by atoms with Gasteiger partial charge >= 0.3 is 0 Å². The number of para-hydroxylation sites is 1. The number of thiophene rings is 1. The molecule has 4 rings (SSSR count). The molecule has 33 heavy (non-hydrogen) atoms. The Morgan fingerprint density at radius 3 is 2.52 bits per heavy atom. The maximum Gasteiger partial charge on any atom is 0.254 e. The van der Waals surface area contributed by atoms with Crippen molar-refractivity contribution in [2.45, 2.75) is 12.5 Å². The predicted octanol–water partition coefficient (Wildman–Crippen LogP) is 4.04. The number of fused-ring (bicyclic) bond motifs is 1. The molecule has 7 heteroatoms. The van der Waals surface area contributed by atoms with Crippen LogP contribution in [-0.4, -0.2) is 61.6 Å². The van der Waals surface area contributed by atoms with Crippen LogP contribution in [0.5, 0.6) is 5.75 Å². The van der Waals surface area contributed by atoms with Gasteiger partial charge in [0, 0.05) is 30.6 Å². The van der Waals surface area contributed by atoms with E-state index in [2.05, 4.69) is 11.4 Å². The molecule has 1 aliphatic heterocycles. The summed E-state index contributed by atoms with van der Waals surface area (Å²) in [6.07, 6.45) is 0.811. The van der Waals surface area contributed by atoms with Crippen molar-refractivity contribution in [2.24, 2.45) is 0 Å². The Morgan fingerprint density at radius 1 is 1.06 bits per heavy atom. The second kappa shape index (κ2) is 11.1. The highest BCUT2D eigenvalue weighted by atomic mass is 32.1. The van der Waals surface area contributed by atoms with Gasteiger partial charge in [0.1, 0.15) is 18.9 Å². The summed E-state index contributed by atoms with van der Waals surface area (Å²) in [6, 6.07) is 20.6. The van der Waals surface area contributed by atoms with E-state index in [1.165, 1.54) is 4.88 Å². The van der Waals surface area contributed by atoms with Gasteiger partial charge in [-0.15, -0.1) is 11.3 Å². The van der Waals surface area contributed by atoms with E-state index in [4.69, 9.17) is 9.47 Å². The number of carbonyl (C=O) groups is 2. The lowest BCUT2D eigenvalue weighted by Crippen LogP contribution is -2.48. The summed E-state index contributed by atoms with van der Waals surface area (Å²) in [7, 11) is 1.59. The van der Waals surface area contributed by atoms with E-state index >= 15 is 0 Å². The first-order chi connectivity index (χ1) is 16.2. The molecule has 0 fully saturated rings. The van der Waals surface area contributed by atoms with Crippen molar-refractivity contribution in [2.75, 3.05) is 40.0 Å². The average molecular weight is 465 g/mol. The van der Waals surface area contributed by atoms with Crippen LogP contribution in [0.4, 0.5) is 0 Å². The van der Waals surface area contributed by atoms with Crippen LogP contribution in [0.2, 0.25) is 0 Å². The van der Waals surface area contributed by atoms with E-state index in [-0.39, 0.29) is 24.4 Å². The van der Waals surface area contributed by atoms with E-state index in [0.29, 0.717) is 31.9 Å². The third-order valence-electron chi connectivity index (χ3n) is 5.77. The highest BCUT2D eigenvalue weighted by Crippen LogP contribution is 2.34. The van der Waals surface area contributed by atoms with E-state index in [1.54, 1.807) is 35.5 Å². The number of carbonyl (C=O) groups excluding carboxylic acids is 2. The van der Waals surface area contributed by atoms with Crippen LogP contribution in [-0.2, 0) is 16.0 Å². The smallest absolute Gasteiger partial charge is 0.254 e. The van der Waals surface area contributed by atoms with Crippen LogP contribution in [0.25, 0.3) is 0 Å². The molecule has 0 spiro atoms. The van der Waals surface area contributed by atoms with Crippen LogP contribution in [0.1, 0.15) is 26.8 Å². The molecule has 1 aromatic heterocycles. The zero-order valence-electron chi connectivity index (χ0n) is 18.7. The molecular formula is C26H28N2O4S. The minimum atomic E-state index is -0.191. The lowest BCUT2D eigenvalue weighted by molar-refractivity contribution is -0.135. The number of methoxy groups -OCH3 is 1. The molecule has 1 aliphatic rings. The molecule has 1 atom stereocenters. The van der Waals surface area contributed by atoms with Gasteiger partial charge in [0.2, 0.25) is 5.91 Å². The van der Waals surface area contributed by atoms with Crippen molar-refractivity contribution < 1.29 is 19.1 Å². The molecule has 2 aromatic carbocycles. The Bertz CT molecular complexity index is 1050. The van der Waals surface area contributed by atoms with Gasteiger partial charge in [0.15, 0.2) is 0 Å². The van der Waals surface area contributed by atoms with Crippen molar-refractivity contribution in [1.82, 2.24) is 9.80 Å². The summed E-state index contributed by atoms with van der Waals surface area (Å²) in [6.45, 7) is 1.68. The highest BCUT2D eigenvalue weighted by molar-refractivity contribution is 7.10. The molecule has 0 radical (unpaired) electrons.